The monoisotopic (exact) mass is 954 g/mol. The average Bonchev–Trinajstić information content (AvgIpc) is 3.32. The maximum absolute atomic E-state index is 14.5. The Morgan fingerprint density at radius 3 is 2.24 bits per heavy atom. The molecule has 1 amide bonds. The summed E-state index contributed by atoms with van der Waals surface area (Å²) in [5.74, 6) is -7.34. The van der Waals surface area contributed by atoms with Crippen LogP contribution in [0.25, 0.3) is 0 Å². The molecule has 1 aromatic carbocycles. The zero-order valence-corrected chi connectivity index (χ0v) is 42.3. The van der Waals surface area contributed by atoms with Gasteiger partial charge in [-0.05, 0) is 126 Å². The number of allylic oxidation sites excluding steroid dienone is 3. The lowest BCUT2D eigenvalue weighted by Gasteiger charge is -2.47. The highest BCUT2D eigenvalue weighted by atomic mass is 16.7. The van der Waals surface area contributed by atoms with Crippen molar-refractivity contribution in [3.63, 3.8) is 0 Å². The number of ketones is 3. The summed E-state index contributed by atoms with van der Waals surface area (Å²) >= 11 is 0. The Labute approximate surface area is 403 Å². The number of carbonyl (C=O) groups excluding carboxylic acids is 5. The van der Waals surface area contributed by atoms with E-state index in [1.807, 2.05) is 52.8 Å². The number of esters is 1. The largest absolute Gasteiger partial charge is 0.497 e. The predicted octanol–water partition coefficient (Wildman–Crippen LogP) is 6.70. The van der Waals surface area contributed by atoms with Crippen LogP contribution in [0.3, 0.4) is 0 Å². The van der Waals surface area contributed by atoms with Gasteiger partial charge >= 0.3 is 5.97 Å². The third-order valence-electron chi connectivity index (χ3n) is 14.9. The van der Waals surface area contributed by atoms with E-state index in [4.69, 9.17) is 33.2 Å². The number of rotatable bonds is 11. The highest BCUT2D eigenvalue weighted by molar-refractivity contribution is 6.39. The summed E-state index contributed by atoms with van der Waals surface area (Å²) in [5.41, 5.74) is 3.02. The number of aliphatic hydroxyl groups excluding tert-OH is 1. The normalized spacial score (nSPS) is 35.4. The van der Waals surface area contributed by atoms with Gasteiger partial charge in [0.05, 0.1) is 37.6 Å². The summed E-state index contributed by atoms with van der Waals surface area (Å²) in [5, 5.41) is 24.0. The Kier molecular flexibility index (Phi) is 20.1. The quantitative estimate of drug-likeness (QED) is 0.103. The van der Waals surface area contributed by atoms with Crippen molar-refractivity contribution < 1.29 is 67.3 Å². The standard InChI is InChI=1S/C53H79NO14/c1-12-37-20-30(2)19-31(3)23-46(64-10)49-47(65-11)25-34(6)53(61,68-49)50(58)51(59)54-18-14-13-15-40(54)52(60)67-48(35(7)41(55)28-42(37)56)33(5)24-36-16-17-44(45(26-36)63-9)66-29-43(57)38-21-32(4)22-39(27-38)62-8/h20-22,24,27,31,34-37,40-41,44-49,55,61H,12-19,23,25-26,28-29H2,1-11H3. The van der Waals surface area contributed by atoms with Crippen LogP contribution in [0.15, 0.2) is 41.5 Å². The minimum atomic E-state index is -2.53. The van der Waals surface area contributed by atoms with E-state index in [1.165, 1.54) is 19.1 Å². The summed E-state index contributed by atoms with van der Waals surface area (Å²) < 4.78 is 41.9. The third-order valence-corrected chi connectivity index (χ3v) is 14.9. The molecule has 15 nitrogen and oxygen atoms in total. The summed E-state index contributed by atoms with van der Waals surface area (Å²) in [6, 6.07) is 4.18. The minimum Gasteiger partial charge on any atom is -0.497 e. The van der Waals surface area contributed by atoms with Crippen molar-refractivity contribution >= 4 is 29.2 Å². The van der Waals surface area contributed by atoms with Gasteiger partial charge in [0.15, 0.2) is 5.78 Å². The van der Waals surface area contributed by atoms with Crippen LogP contribution >= 0.6 is 0 Å². The van der Waals surface area contributed by atoms with E-state index in [9.17, 15) is 34.2 Å². The van der Waals surface area contributed by atoms with Crippen molar-refractivity contribution in [3.8, 4) is 5.75 Å². The SMILES string of the molecule is CCC1C=C(C)CC(C)CC(OC)C2OC(O)(C(=O)C(=O)N3CCCCC3C(=O)OC(C(C)=CC3CCC(OCC(=O)c4cc(C)cc(OC)c4)C(OC)C3)C(C)C(O)CC1=O)C(C)CC2OC. The first-order chi connectivity index (χ1) is 32.3. The molecule has 1 saturated carbocycles. The molecule has 2 bridgehead atoms. The Morgan fingerprint density at radius 2 is 1.57 bits per heavy atom. The number of carbonyl (C=O) groups is 5. The fraction of sp³-hybridized carbons (Fsp3) is 0.717. The summed E-state index contributed by atoms with van der Waals surface area (Å²) in [6.45, 7) is 13.0. The van der Waals surface area contributed by atoms with Gasteiger partial charge in [-0.2, -0.15) is 0 Å². The van der Waals surface area contributed by atoms with E-state index >= 15 is 0 Å². The third kappa shape index (κ3) is 13.3. The lowest BCUT2D eigenvalue weighted by molar-refractivity contribution is -0.302. The van der Waals surface area contributed by atoms with Crippen LogP contribution in [0.2, 0.25) is 0 Å². The first kappa shape index (κ1) is 55.1. The number of Topliss-reactive ketones (excluding diaryl/α,β-unsaturated/α-hetero) is 3. The summed E-state index contributed by atoms with van der Waals surface area (Å²) in [7, 11) is 6.22. The fourth-order valence-electron chi connectivity index (χ4n) is 10.9. The Bertz CT molecular complexity index is 1980. The number of benzene rings is 1. The second kappa shape index (κ2) is 24.8. The van der Waals surface area contributed by atoms with Gasteiger partial charge in [0.1, 0.15) is 36.4 Å². The molecule has 4 aliphatic rings. The molecule has 3 heterocycles. The molecular formula is C53H79NO14. The van der Waals surface area contributed by atoms with Crippen molar-refractivity contribution in [2.24, 2.45) is 29.6 Å². The zero-order valence-electron chi connectivity index (χ0n) is 42.3. The number of nitrogens with zero attached hydrogens (tertiary/aromatic N) is 1. The van der Waals surface area contributed by atoms with Gasteiger partial charge < -0.3 is 48.3 Å². The molecule has 0 radical (unpaired) electrons. The fourth-order valence-corrected chi connectivity index (χ4v) is 10.9. The Morgan fingerprint density at radius 1 is 0.882 bits per heavy atom. The van der Waals surface area contributed by atoms with Gasteiger partial charge in [0.2, 0.25) is 5.79 Å². The maximum Gasteiger partial charge on any atom is 0.329 e. The van der Waals surface area contributed by atoms with Crippen LogP contribution in [0, 0.1) is 36.5 Å². The van der Waals surface area contributed by atoms with Crippen LogP contribution < -0.4 is 4.74 Å². The number of cyclic esters (lactones) is 1. The van der Waals surface area contributed by atoms with Crippen LogP contribution in [0.4, 0.5) is 0 Å². The van der Waals surface area contributed by atoms with Crippen LogP contribution in [0.1, 0.15) is 128 Å². The van der Waals surface area contributed by atoms with E-state index in [2.05, 4.69) is 0 Å². The number of methoxy groups -OCH3 is 4. The molecule has 1 aliphatic carbocycles. The minimum absolute atomic E-state index is 0.0160. The molecular weight excluding hydrogens is 875 g/mol. The number of hydrogen-bond acceptors (Lipinski definition) is 14. The van der Waals surface area contributed by atoms with Crippen molar-refractivity contribution in [1.29, 1.82) is 0 Å². The van der Waals surface area contributed by atoms with E-state index in [-0.39, 0.29) is 68.0 Å². The zero-order chi connectivity index (χ0) is 50.0. The number of amides is 1. The van der Waals surface area contributed by atoms with Gasteiger partial charge in [0.25, 0.3) is 11.7 Å². The second-order valence-electron chi connectivity index (χ2n) is 20.1. The molecule has 2 N–H and O–H groups in total. The van der Waals surface area contributed by atoms with Gasteiger partial charge in [-0.1, -0.05) is 45.4 Å². The molecule has 0 aromatic heterocycles. The molecule has 0 spiro atoms. The number of fused-ring (bicyclic) bond motifs is 3. The first-order valence-electron chi connectivity index (χ1n) is 24.7. The molecule has 1 aromatic rings. The molecule has 3 fully saturated rings. The van der Waals surface area contributed by atoms with Crippen molar-refractivity contribution in [1.82, 2.24) is 4.90 Å². The topological polar surface area (TPSA) is 194 Å². The van der Waals surface area contributed by atoms with E-state index in [0.717, 1.165) is 11.1 Å². The molecule has 380 valence electrons. The number of aliphatic hydroxyl groups is 2. The maximum atomic E-state index is 14.5. The second-order valence-corrected chi connectivity index (χ2v) is 20.1. The Balaban J connectivity index is 1.44. The van der Waals surface area contributed by atoms with Crippen molar-refractivity contribution in [3.05, 3.63) is 52.6 Å². The van der Waals surface area contributed by atoms with E-state index < -0.39 is 77.8 Å². The lowest BCUT2D eigenvalue weighted by Crippen LogP contribution is -2.64. The molecule has 5 rings (SSSR count). The molecule has 14 unspecified atom stereocenters. The number of hydrogen-bond donors (Lipinski definition) is 2. The smallest absolute Gasteiger partial charge is 0.329 e. The number of piperidine rings is 1. The van der Waals surface area contributed by atoms with Gasteiger partial charge in [-0.25, -0.2) is 4.79 Å². The number of ether oxygens (including phenoxy) is 7. The highest BCUT2D eigenvalue weighted by Crippen LogP contribution is 2.39. The summed E-state index contributed by atoms with van der Waals surface area (Å²) in [6.07, 6.45) is 3.68. The van der Waals surface area contributed by atoms with Crippen LogP contribution in [0.5, 0.6) is 5.75 Å². The molecule has 2 saturated heterocycles. The molecule has 15 heteroatoms. The van der Waals surface area contributed by atoms with Gasteiger partial charge in [0, 0.05) is 57.6 Å². The van der Waals surface area contributed by atoms with Crippen LogP contribution in [-0.4, -0.2) is 140 Å². The molecule has 3 aliphatic heterocycles. The predicted molar refractivity (Wildman–Crippen MR) is 254 cm³/mol. The van der Waals surface area contributed by atoms with E-state index in [1.54, 1.807) is 40.2 Å². The Hall–Kier alpha value is -3.83. The van der Waals surface area contributed by atoms with Gasteiger partial charge in [-0.3, -0.25) is 19.2 Å². The van der Waals surface area contributed by atoms with E-state index in [0.29, 0.717) is 68.3 Å². The van der Waals surface area contributed by atoms with Crippen molar-refractivity contribution in [2.45, 2.75) is 174 Å². The van der Waals surface area contributed by atoms with Crippen molar-refractivity contribution in [2.75, 3.05) is 41.6 Å². The molecule has 68 heavy (non-hydrogen) atoms. The molecule has 14 atom stereocenters. The summed E-state index contributed by atoms with van der Waals surface area (Å²) in [4.78, 5) is 71.6. The lowest BCUT2D eigenvalue weighted by atomic mass is 9.81. The van der Waals surface area contributed by atoms with Gasteiger partial charge in [-0.15, -0.1) is 0 Å². The first-order valence-corrected chi connectivity index (χ1v) is 24.7. The van der Waals surface area contributed by atoms with Crippen LogP contribution in [-0.2, 0) is 47.6 Å². The highest BCUT2D eigenvalue weighted by Gasteiger charge is 2.56. The average molecular weight is 954 g/mol. The number of aryl methyl sites for hydroxylation is 1.